The van der Waals surface area contributed by atoms with E-state index in [2.05, 4.69) is 15.3 Å². The first-order valence-electron chi connectivity index (χ1n) is 7.64. The first-order valence-corrected chi connectivity index (χ1v) is 10.1. The summed E-state index contributed by atoms with van der Waals surface area (Å²) in [7, 11) is -4.83. The van der Waals surface area contributed by atoms with Crippen LogP contribution in [0.3, 0.4) is 0 Å². The number of anilines is 1. The molecular formula is C17H13F2N3O3S2. The second-order valence-electron chi connectivity index (χ2n) is 5.39. The van der Waals surface area contributed by atoms with Crippen molar-refractivity contribution in [3.63, 3.8) is 0 Å². The van der Waals surface area contributed by atoms with Crippen LogP contribution in [0.15, 0.2) is 58.9 Å². The molecule has 2 heterocycles. The maximum absolute atomic E-state index is 12.8. The molecule has 0 aliphatic rings. The molecular weight excluding hydrogens is 396 g/mol. The van der Waals surface area contributed by atoms with E-state index in [1.165, 1.54) is 29.5 Å². The number of aromatic nitrogens is 2. The van der Waals surface area contributed by atoms with Crippen molar-refractivity contribution in [2.75, 3.05) is 5.32 Å². The molecule has 10 heteroatoms. The smallest absolute Gasteiger partial charge is 0.325 e. The summed E-state index contributed by atoms with van der Waals surface area (Å²) >= 11 is 1.31. The molecule has 1 amide bonds. The lowest BCUT2D eigenvalue weighted by atomic mass is 10.3. The molecule has 3 rings (SSSR count). The summed E-state index contributed by atoms with van der Waals surface area (Å²) in [5, 5.41) is 4.69. The van der Waals surface area contributed by atoms with E-state index in [-0.39, 0.29) is 12.1 Å². The Labute approximate surface area is 157 Å². The minimum atomic E-state index is -4.83. The minimum absolute atomic E-state index is 0.133. The maximum atomic E-state index is 12.8. The normalized spacial score (nSPS) is 11.5. The van der Waals surface area contributed by atoms with Crippen LogP contribution in [-0.2, 0) is 21.1 Å². The van der Waals surface area contributed by atoms with Crippen molar-refractivity contribution in [2.24, 2.45) is 0 Å². The molecule has 0 saturated carbocycles. The van der Waals surface area contributed by atoms with Crippen molar-refractivity contribution in [1.82, 2.24) is 9.97 Å². The van der Waals surface area contributed by atoms with Gasteiger partial charge in [-0.1, -0.05) is 18.2 Å². The van der Waals surface area contributed by atoms with Gasteiger partial charge in [0.25, 0.3) is 0 Å². The van der Waals surface area contributed by atoms with Crippen LogP contribution in [0.2, 0.25) is 0 Å². The molecule has 3 aromatic rings. The lowest BCUT2D eigenvalue weighted by Gasteiger charge is -2.10. The minimum Gasteiger partial charge on any atom is -0.325 e. The largest absolute Gasteiger partial charge is 0.341 e. The summed E-state index contributed by atoms with van der Waals surface area (Å²) in [6.07, 6.45) is 1.50. The molecule has 2 aromatic heterocycles. The highest BCUT2D eigenvalue weighted by Crippen LogP contribution is 2.26. The predicted octanol–water partition coefficient (Wildman–Crippen LogP) is 3.38. The third-order valence-electron chi connectivity index (χ3n) is 3.48. The SMILES string of the molecule is O=C(Cc1csc(-c2ccccn2)n1)Nc1ccccc1S(=O)(=O)C(F)F. The number of alkyl halides is 2. The number of rotatable bonds is 6. The van der Waals surface area contributed by atoms with Crippen molar-refractivity contribution >= 4 is 32.8 Å². The van der Waals surface area contributed by atoms with Gasteiger partial charge in [0.2, 0.25) is 15.7 Å². The topological polar surface area (TPSA) is 89.0 Å². The van der Waals surface area contributed by atoms with Gasteiger partial charge in [0, 0.05) is 11.6 Å². The zero-order chi connectivity index (χ0) is 19.4. The fourth-order valence-electron chi connectivity index (χ4n) is 2.27. The number of halogens is 2. The summed E-state index contributed by atoms with van der Waals surface area (Å²) in [5.74, 6) is -4.14. The zero-order valence-corrected chi connectivity index (χ0v) is 15.3. The number of nitrogens with zero attached hydrogens (tertiary/aromatic N) is 2. The number of nitrogens with one attached hydrogen (secondary N) is 1. The van der Waals surface area contributed by atoms with Gasteiger partial charge in [-0.05, 0) is 24.3 Å². The van der Waals surface area contributed by atoms with Gasteiger partial charge in [0.1, 0.15) is 5.01 Å². The fourth-order valence-corrected chi connectivity index (χ4v) is 3.95. The number of amides is 1. The van der Waals surface area contributed by atoms with Gasteiger partial charge in [-0.25, -0.2) is 13.4 Å². The molecule has 0 aliphatic carbocycles. The summed E-state index contributed by atoms with van der Waals surface area (Å²) in [5.41, 5.74) is 0.942. The molecule has 0 atom stereocenters. The Kier molecular flexibility index (Phi) is 5.57. The van der Waals surface area contributed by atoms with E-state index in [1.807, 2.05) is 6.07 Å². The van der Waals surface area contributed by atoms with E-state index in [0.29, 0.717) is 16.4 Å². The molecule has 0 unspecified atom stereocenters. The van der Waals surface area contributed by atoms with Gasteiger partial charge >= 0.3 is 5.76 Å². The molecule has 1 aromatic carbocycles. The summed E-state index contributed by atoms with van der Waals surface area (Å²) in [6.45, 7) is 0. The van der Waals surface area contributed by atoms with E-state index in [1.54, 1.807) is 23.7 Å². The lowest BCUT2D eigenvalue weighted by molar-refractivity contribution is -0.115. The Morgan fingerprint density at radius 2 is 1.89 bits per heavy atom. The number of carbonyl (C=O) groups excluding carboxylic acids is 1. The molecule has 6 nitrogen and oxygen atoms in total. The van der Waals surface area contributed by atoms with Gasteiger partial charge in [-0.2, -0.15) is 8.78 Å². The molecule has 0 spiro atoms. The van der Waals surface area contributed by atoms with E-state index in [9.17, 15) is 22.0 Å². The molecule has 1 N–H and O–H groups in total. The number of hydrogen-bond donors (Lipinski definition) is 1. The number of hydrogen-bond acceptors (Lipinski definition) is 6. The highest BCUT2D eigenvalue weighted by molar-refractivity contribution is 7.91. The van der Waals surface area contributed by atoms with Crippen LogP contribution in [0, 0.1) is 0 Å². The molecule has 0 fully saturated rings. The van der Waals surface area contributed by atoms with Crippen LogP contribution in [0.25, 0.3) is 10.7 Å². The quantitative estimate of drug-likeness (QED) is 0.674. The van der Waals surface area contributed by atoms with Crippen molar-refractivity contribution in [1.29, 1.82) is 0 Å². The van der Waals surface area contributed by atoms with Gasteiger partial charge in [0.05, 0.1) is 28.4 Å². The fraction of sp³-hybridized carbons (Fsp3) is 0.118. The number of para-hydroxylation sites is 1. The van der Waals surface area contributed by atoms with E-state index in [0.717, 1.165) is 6.07 Å². The first-order chi connectivity index (χ1) is 12.9. The number of pyridine rings is 1. The van der Waals surface area contributed by atoms with Crippen LogP contribution < -0.4 is 5.32 Å². The highest BCUT2D eigenvalue weighted by Gasteiger charge is 2.29. The third-order valence-corrected chi connectivity index (χ3v) is 5.83. The molecule has 0 aliphatic heterocycles. The van der Waals surface area contributed by atoms with E-state index in [4.69, 9.17) is 0 Å². The van der Waals surface area contributed by atoms with Gasteiger partial charge in [-0.15, -0.1) is 11.3 Å². The van der Waals surface area contributed by atoms with Crippen LogP contribution in [0.1, 0.15) is 5.69 Å². The van der Waals surface area contributed by atoms with Crippen molar-refractivity contribution in [3.05, 3.63) is 59.7 Å². The standard InChI is InChI=1S/C17H13F2N3O3S2/c18-17(19)27(24,25)14-7-2-1-5-12(14)22-15(23)9-11-10-26-16(21-11)13-6-3-4-8-20-13/h1-8,10,17H,9H2,(H,22,23). The number of benzene rings is 1. The van der Waals surface area contributed by atoms with E-state index < -0.39 is 26.4 Å². The predicted molar refractivity (Wildman–Crippen MR) is 97.3 cm³/mol. The lowest BCUT2D eigenvalue weighted by Crippen LogP contribution is -2.19. The average Bonchev–Trinajstić information content (AvgIpc) is 3.11. The van der Waals surface area contributed by atoms with Crippen LogP contribution in [0.5, 0.6) is 0 Å². The molecule has 0 saturated heterocycles. The number of sulfone groups is 1. The molecule has 0 bridgehead atoms. The van der Waals surface area contributed by atoms with Crippen molar-refractivity contribution in [3.8, 4) is 10.7 Å². The average molecular weight is 409 g/mol. The highest BCUT2D eigenvalue weighted by atomic mass is 32.2. The first kappa shape index (κ1) is 19.1. The van der Waals surface area contributed by atoms with Gasteiger partial charge in [-0.3, -0.25) is 9.78 Å². The Morgan fingerprint density at radius 1 is 1.15 bits per heavy atom. The van der Waals surface area contributed by atoms with Crippen LogP contribution in [0.4, 0.5) is 14.5 Å². The molecule has 0 radical (unpaired) electrons. The Hall–Kier alpha value is -2.72. The van der Waals surface area contributed by atoms with Crippen molar-refractivity contribution in [2.45, 2.75) is 17.1 Å². The van der Waals surface area contributed by atoms with E-state index >= 15 is 0 Å². The summed E-state index contributed by atoms with van der Waals surface area (Å²) in [4.78, 5) is 20.1. The van der Waals surface area contributed by atoms with Crippen LogP contribution >= 0.6 is 11.3 Å². The second-order valence-corrected chi connectivity index (χ2v) is 8.13. The Bertz CT molecular complexity index is 1050. The Morgan fingerprint density at radius 3 is 2.59 bits per heavy atom. The van der Waals surface area contributed by atoms with Gasteiger partial charge < -0.3 is 5.32 Å². The third kappa shape index (κ3) is 4.34. The second kappa shape index (κ2) is 7.89. The summed E-state index contributed by atoms with van der Waals surface area (Å²) < 4.78 is 49.1. The zero-order valence-electron chi connectivity index (χ0n) is 13.7. The van der Waals surface area contributed by atoms with Crippen molar-refractivity contribution < 1.29 is 22.0 Å². The number of carbonyl (C=O) groups is 1. The van der Waals surface area contributed by atoms with Gasteiger partial charge in [0.15, 0.2) is 0 Å². The Balaban J connectivity index is 1.75. The van der Waals surface area contributed by atoms with Crippen LogP contribution in [-0.4, -0.2) is 30.1 Å². The number of thiazole rings is 1. The maximum Gasteiger partial charge on any atom is 0.341 e. The molecule has 140 valence electrons. The monoisotopic (exact) mass is 409 g/mol. The molecule has 27 heavy (non-hydrogen) atoms. The summed E-state index contributed by atoms with van der Waals surface area (Å²) in [6, 6.07) is 10.4.